The first-order valence-corrected chi connectivity index (χ1v) is 6.85. The van der Waals surface area contributed by atoms with Gasteiger partial charge in [0.1, 0.15) is 0 Å². The fourth-order valence-electron chi connectivity index (χ4n) is 2.61. The third-order valence-corrected chi connectivity index (χ3v) is 3.73. The molecule has 0 fully saturated rings. The molecular formula is C18H16KNO2. The number of aryl methyl sites for hydroxylation is 1. The molecule has 0 aliphatic rings. The van der Waals surface area contributed by atoms with Crippen LogP contribution in [0.25, 0.3) is 26.9 Å². The van der Waals surface area contributed by atoms with Crippen molar-refractivity contribution in [1.82, 2.24) is 0 Å². The first-order valence-electron chi connectivity index (χ1n) is 6.85. The molecule has 0 amide bonds. The van der Waals surface area contributed by atoms with Crippen molar-refractivity contribution >= 4 is 33.2 Å². The van der Waals surface area contributed by atoms with Crippen molar-refractivity contribution in [1.29, 1.82) is 0 Å². The zero-order chi connectivity index (χ0) is 14.8. The number of methoxy groups -OCH3 is 1. The summed E-state index contributed by atoms with van der Waals surface area (Å²) in [6.45, 7) is 2.19. The summed E-state index contributed by atoms with van der Waals surface area (Å²) >= 11 is 0. The Kier molecular flexibility index (Phi) is 6.00. The smallest absolute Gasteiger partial charge is 0.675 e. The summed E-state index contributed by atoms with van der Waals surface area (Å²) in [6, 6.07) is 16.5. The molecule has 3 rings (SSSR count). The van der Waals surface area contributed by atoms with E-state index in [1.165, 1.54) is 28.8 Å². The number of carbonyl (C=O) groups is 1. The van der Waals surface area contributed by atoms with Crippen LogP contribution in [-0.4, -0.2) is 19.6 Å². The van der Waals surface area contributed by atoms with Gasteiger partial charge in [0.25, 0.3) is 5.97 Å². The van der Waals surface area contributed by atoms with Crippen LogP contribution in [0.3, 0.4) is 0 Å². The molecule has 3 aromatic rings. The number of ether oxygens (including phenoxy) is 1. The summed E-state index contributed by atoms with van der Waals surface area (Å²) in [4.78, 5) is 11.2. The molecule has 0 atom stereocenters. The van der Waals surface area contributed by atoms with Gasteiger partial charge in [-0.05, 0) is 46.6 Å². The number of hydrogen-bond donors (Lipinski definition) is 0. The Morgan fingerprint density at radius 2 is 1.77 bits per heavy atom. The number of carbonyl (C=O) groups excluding carboxylic acids is 1. The number of esters is 1. The Bertz CT molecular complexity index is 830. The van der Waals surface area contributed by atoms with Gasteiger partial charge < -0.3 is 10.1 Å². The van der Waals surface area contributed by atoms with Crippen LogP contribution < -0.4 is 51.4 Å². The summed E-state index contributed by atoms with van der Waals surface area (Å²) in [5, 5.41) is 9.10. The van der Waals surface area contributed by atoms with Gasteiger partial charge in [0.05, 0.1) is 7.11 Å². The van der Waals surface area contributed by atoms with Crippen molar-refractivity contribution in [3.8, 4) is 0 Å². The maximum Gasteiger partial charge on any atom is 1.00 e. The van der Waals surface area contributed by atoms with Gasteiger partial charge in [0, 0.05) is 0 Å². The number of benzene rings is 3. The maximum atomic E-state index is 11.2. The van der Waals surface area contributed by atoms with Gasteiger partial charge in [-0.2, -0.15) is 0 Å². The summed E-state index contributed by atoms with van der Waals surface area (Å²) < 4.78 is 4.60. The van der Waals surface area contributed by atoms with Gasteiger partial charge in [-0.15, -0.1) is 5.69 Å². The van der Waals surface area contributed by atoms with Crippen LogP contribution in [0.2, 0.25) is 0 Å². The molecule has 0 aliphatic carbocycles. The SMILES string of the molecule is COC(=O)C[N-]c1ccc2c(C)c3ccccc3cc2c1.[K+]. The van der Waals surface area contributed by atoms with Crippen molar-refractivity contribution in [2.24, 2.45) is 0 Å². The zero-order valence-corrected chi connectivity index (χ0v) is 16.2. The van der Waals surface area contributed by atoms with E-state index in [0.717, 1.165) is 11.1 Å². The van der Waals surface area contributed by atoms with Crippen molar-refractivity contribution < 1.29 is 60.9 Å². The van der Waals surface area contributed by atoms with E-state index in [2.05, 4.69) is 47.3 Å². The van der Waals surface area contributed by atoms with Gasteiger partial charge in [0.2, 0.25) is 0 Å². The normalized spacial score (nSPS) is 10.3. The minimum atomic E-state index is -0.329. The third-order valence-electron chi connectivity index (χ3n) is 3.73. The second-order valence-electron chi connectivity index (χ2n) is 5.02. The van der Waals surface area contributed by atoms with Crippen LogP contribution >= 0.6 is 0 Å². The number of rotatable bonds is 3. The monoisotopic (exact) mass is 317 g/mol. The number of hydrogen-bond acceptors (Lipinski definition) is 2. The Morgan fingerprint density at radius 3 is 2.55 bits per heavy atom. The maximum absolute atomic E-state index is 11.2. The molecule has 0 bridgehead atoms. The molecule has 0 aromatic heterocycles. The predicted molar refractivity (Wildman–Crippen MR) is 86.1 cm³/mol. The number of fused-ring (bicyclic) bond motifs is 2. The standard InChI is InChI=1S/C18H16NO2.K/c1-12-16-6-4-3-5-13(16)9-14-10-15(7-8-17(12)14)19-11-18(20)21-2;/h3-10H,11H2,1-2H3;/q-1;+1. The molecule has 3 nitrogen and oxygen atoms in total. The van der Waals surface area contributed by atoms with E-state index in [1.807, 2.05) is 18.2 Å². The van der Waals surface area contributed by atoms with E-state index in [0.29, 0.717) is 0 Å². The van der Waals surface area contributed by atoms with Crippen LogP contribution in [0.4, 0.5) is 5.69 Å². The van der Waals surface area contributed by atoms with E-state index in [9.17, 15) is 4.79 Å². The average Bonchev–Trinajstić information content (AvgIpc) is 2.52. The molecule has 0 unspecified atom stereocenters. The summed E-state index contributed by atoms with van der Waals surface area (Å²) in [5.41, 5.74) is 2.06. The van der Waals surface area contributed by atoms with E-state index in [-0.39, 0.29) is 63.9 Å². The van der Waals surface area contributed by atoms with Crippen LogP contribution in [-0.2, 0) is 9.53 Å². The summed E-state index contributed by atoms with van der Waals surface area (Å²) in [6.07, 6.45) is 0. The molecule has 0 saturated heterocycles. The minimum absolute atomic E-state index is 0. The van der Waals surface area contributed by atoms with Crippen molar-refractivity contribution in [2.45, 2.75) is 6.92 Å². The van der Waals surface area contributed by atoms with Crippen molar-refractivity contribution in [2.75, 3.05) is 13.7 Å². The Hall–Kier alpha value is -0.914. The number of nitrogens with zero attached hydrogens (tertiary/aromatic N) is 1. The fraction of sp³-hybridized carbons (Fsp3) is 0.167. The van der Waals surface area contributed by atoms with Crippen molar-refractivity contribution in [3.05, 3.63) is 59.4 Å². The summed E-state index contributed by atoms with van der Waals surface area (Å²) in [5.74, 6) is -0.329. The second kappa shape index (κ2) is 7.57. The van der Waals surface area contributed by atoms with Crippen molar-refractivity contribution in [3.63, 3.8) is 0 Å². The topological polar surface area (TPSA) is 40.4 Å². The molecule has 0 spiro atoms. The molecule has 22 heavy (non-hydrogen) atoms. The molecule has 0 radical (unpaired) electrons. The predicted octanol–water partition coefficient (Wildman–Crippen LogP) is 1.48. The van der Waals surface area contributed by atoms with Gasteiger partial charge in [-0.3, -0.25) is 4.79 Å². The van der Waals surface area contributed by atoms with Gasteiger partial charge in [-0.25, -0.2) is 0 Å². The van der Waals surface area contributed by atoms with Crippen LogP contribution in [0, 0.1) is 6.92 Å². The molecule has 0 aliphatic heterocycles. The zero-order valence-electron chi connectivity index (χ0n) is 13.1. The second-order valence-corrected chi connectivity index (χ2v) is 5.02. The molecule has 0 saturated carbocycles. The molecule has 3 aromatic carbocycles. The minimum Gasteiger partial charge on any atom is -0.675 e. The summed E-state index contributed by atoms with van der Waals surface area (Å²) in [7, 11) is 1.37. The first kappa shape index (κ1) is 17.4. The molecular weight excluding hydrogens is 301 g/mol. The van der Waals surface area contributed by atoms with Crippen LogP contribution in [0.1, 0.15) is 5.56 Å². The van der Waals surface area contributed by atoms with Gasteiger partial charge in [0.15, 0.2) is 0 Å². The van der Waals surface area contributed by atoms with E-state index in [4.69, 9.17) is 0 Å². The van der Waals surface area contributed by atoms with E-state index >= 15 is 0 Å². The van der Waals surface area contributed by atoms with E-state index < -0.39 is 0 Å². The van der Waals surface area contributed by atoms with Gasteiger partial charge in [-0.1, -0.05) is 42.5 Å². The van der Waals surface area contributed by atoms with Crippen LogP contribution in [0.15, 0.2) is 48.5 Å². The van der Waals surface area contributed by atoms with Gasteiger partial charge >= 0.3 is 51.4 Å². The van der Waals surface area contributed by atoms with E-state index in [1.54, 1.807) is 0 Å². The quantitative estimate of drug-likeness (QED) is 0.417. The Morgan fingerprint density at radius 1 is 1.05 bits per heavy atom. The third kappa shape index (κ3) is 3.52. The Labute approximate surface area is 172 Å². The molecule has 106 valence electrons. The molecule has 4 heteroatoms. The first-order chi connectivity index (χ1) is 10.2. The Balaban J connectivity index is 0.00000176. The largest absolute Gasteiger partial charge is 1.00 e. The van der Waals surface area contributed by atoms with Crippen LogP contribution in [0.5, 0.6) is 0 Å². The molecule has 0 heterocycles. The molecule has 0 N–H and O–H groups in total. The average molecular weight is 317 g/mol. The fourth-order valence-corrected chi connectivity index (χ4v) is 2.61.